The molecule has 3 fully saturated rings. The number of carbonyl (C=O) groups excluding carboxylic acids is 2. The van der Waals surface area contributed by atoms with Gasteiger partial charge in [0.05, 0.1) is 11.9 Å². The number of anilines is 3. The maximum atomic E-state index is 13.7. The number of aromatic nitrogens is 2. The Labute approximate surface area is 236 Å². The SMILES string of the molecule is CC1CCCN(c2nc(C(F)(F)F)c(C(=O)Nc3ccc(N4CCN(C(=O)[C@H](O)C5CCCCC5)CC4)nc3)o2)C1. The fraction of sp³-hybridized carbons (Fsp3) is 0.643. The first-order valence-corrected chi connectivity index (χ1v) is 14.4. The highest BCUT2D eigenvalue weighted by molar-refractivity contribution is 6.03. The summed E-state index contributed by atoms with van der Waals surface area (Å²) in [5, 5.41) is 13.0. The summed E-state index contributed by atoms with van der Waals surface area (Å²) in [4.78, 5) is 39.0. The lowest BCUT2D eigenvalue weighted by atomic mass is 9.85. The summed E-state index contributed by atoms with van der Waals surface area (Å²) in [6, 6.07) is 3.02. The van der Waals surface area contributed by atoms with Crippen molar-refractivity contribution in [1.29, 1.82) is 0 Å². The van der Waals surface area contributed by atoms with Gasteiger partial charge in [0.2, 0.25) is 5.76 Å². The van der Waals surface area contributed by atoms with E-state index in [1.165, 1.54) is 6.20 Å². The van der Waals surface area contributed by atoms with Gasteiger partial charge in [0.25, 0.3) is 17.8 Å². The maximum absolute atomic E-state index is 13.7. The largest absolute Gasteiger partial charge is 0.437 e. The normalized spacial score (nSPS) is 21.6. The summed E-state index contributed by atoms with van der Waals surface area (Å²) in [5.74, 6) is -1.23. The van der Waals surface area contributed by atoms with Gasteiger partial charge in [-0.1, -0.05) is 26.2 Å². The Kier molecular flexibility index (Phi) is 8.71. The second kappa shape index (κ2) is 12.3. The van der Waals surface area contributed by atoms with Crippen LogP contribution in [0, 0.1) is 11.8 Å². The number of aliphatic hydroxyl groups is 1. The molecule has 3 aliphatic rings. The number of hydrogen-bond acceptors (Lipinski definition) is 8. The van der Waals surface area contributed by atoms with Gasteiger partial charge >= 0.3 is 6.18 Å². The van der Waals surface area contributed by atoms with E-state index in [2.05, 4.69) is 15.3 Å². The van der Waals surface area contributed by atoms with Crippen LogP contribution >= 0.6 is 0 Å². The average molecular weight is 579 g/mol. The molecule has 10 nitrogen and oxygen atoms in total. The molecule has 0 spiro atoms. The first kappa shape index (κ1) is 29.2. The third kappa shape index (κ3) is 6.77. The van der Waals surface area contributed by atoms with E-state index in [1.807, 2.05) is 11.8 Å². The van der Waals surface area contributed by atoms with Crippen molar-refractivity contribution in [2.24, 2.45) is 11.8 Å². The number of carbonyl (C=O) groups is 2. The van der Waals surface area contributed by atoms with Crippen molar-refractivity contribution in [2.45, 2.75) is 64.1 Å². The molecule has 2 aliphatic heterocycles. The van der Waals surface area contributed by atoms with E-state index in [4.69, 9.17) is 4.42 Å². The predicted octanol–water partition coefficient (Wildman–Crippen LogP) is 4.17. The monoisotopic (exact) mass is 578 g/mol. The molecule has 0 bridgehead atoms. The zero-order valence-corrected chi connectivity index (χ0v) is 23.2. The molecule has 2 aromatic rings. The number of pyridine rings is 1. The number of amides is 2. The van der Waals surface area contributed by atoms with Crippen LogP contribution in [0.4, 0.5) is 30.7 Å². The topological polar surface area (TPSA) is 115 Å². The van der Waals surface area contributed by atoms with Crippen molar-refractivity contribution in [3.63, 3.8) is 0 Å². The molecule has 0 aromatic carbocycles. The molecule has 2 saturated heterocycles. The van der Waals surface area contributed by atoms with Crippen LogP contribution in [0.3, 0.4) is 0 Å². The number of alkyl halides is 3. The molecule has 2 amide bonds. The third-order valence-electron chi connectivity index (χ3n) is 8.29. The van der Waals surface area contributed by atoms with Gasteiger partial charge in [-0.25, -0.2) is 4.98 Å². The van der Waals surface area contributed by atoms with Gasteiger partial charge < -0.3 is 29.5 Å². The summed E-state index contributed by atoms with van der Waals surface area (Å²) in [5.41, 5.74) is -1.14. The van der Waals surface area contributed by atoms with E-state index in [-0.39, 0.29) is 29.4 Å². The lowest BCUT2D eigenvalue weighted by Crippen LogP contribution is -2.53. The molecule has 1 saturated carbocycles. The van der Waals surface area contributed by atoms with E-state index in [0.29, 0.717) is 45.1 Å². The lowest BCUT2D eigenvalue weighted by molar-refractivity contribution is -0.144. The Morgan fingerprint density at radius 3 is 2.39 bits per heavy atom. The van der Waals surface area contributed by atoms with Crippen molar-refractivity contribution in [2.75, 3.05) is 54.4 Å². The van der Waals surface area contributed by atoms with E-state index in [9.17, 15) is 27.9 Å². The standard InChI is InChI=1S/C28H37F3N6O4/c1-18-6-5-11-37(17-18)27-34-24(28(29,30)31)23(41-27)25(39)33-20-9-10-21(32-16-20)35-12-14-36(15-13-35)26(40)22(38)19-7-3-2-4-8-19/h9-10,16,18-19,22,38H,2-8,11-15,17H2,1H3,(H,33,39)/t18?,22-/m1/s1. The van der Waals surface area contributed by atoms with Crippen molar-refractivity contribution < 1.29 is 32.3 Å². The molecule has 1 unspecified atom stereocenters. The lowest BCUT2D eigenvalue weighted by Gasteiger charge is -2.37. The van der Waals surface area contributed by atoms with Gasteiger partial charge in [0.15, 0.2) is 5.69 Å². The number of nitrogens with one attached hydrogen (secondary N) is 1. The Bertz CT molecular complexity index is 1210. The smallest absolute Gasteiger partial charge is 0.417 e. The highest BCUT2D eigenvalue weighted by atomic mass is 19.4. The second-order valence-electron chi connectivity index (χ2n) is 11.4. The number of piperazine rings is 1. The molecule has 13 heteroatoms. The Hall–Kier alpha value is -3.35. The molecule has 5 rings (SSSR count). The van der Waals surface area contributed by atoms with Crippen molar-refractivity contribution in [3.05, 3.63) is 29.8 Å². The molecule has 1 aliphatic carbocycles. The number of aliphatic hydroxyl groups excluding tert-OH is 1. The van der Waals surface area contributed by atoms with Gasteiger partial charge in [0, 0.05) is 39.3 Å². The fourth-order valence-corrected chi connectivity index (χ4v) is 5.98. The van der Waals surface area contributed by atoms with Crippen LogP contribution < -0.4 is 15.1 Å². The van der Waals surface area contributed by atoms with Crippen LogP contribution in [0.15, 0.2) is 22.7 Å². The predicted molar refractivity (Wildman–Crippen MR) is 146 cm³/mol. The highest BCUT2D eigenvalue weighted by Crippen LogP contribution is 2.35. The summed E-state index contributed by atoms with van der Waals surface area (Å²) < 4.78 is 46.5. The molecule has 4 heterocycles. The fourth-order valence-electron chi connectivity index (χ4n) is 5.98. The van der Waals surface area contributed by atoms with Gasteiger partial charge in [-0.05, 0) is 49.7 Å². The summed E-state index contributed by atoms with van der Waals surface area (Å²) in [6.45, 7) is 4.97. The minimum atomic E-state index is -4.85. The van der Waals surface area contributed by atoms with Crippen LogP contribution in [0.2, 0.25) is 0 Å². The molecular formula is C28H37F3N6O4. The van der Waals surface area contributed by atoms with Gasteiger partial charge in [0.1, 0.15) is 11.9 Å². The van der Waals surface area contributed by atoms with E-state index >= 15 is 0 Å². The summed E-state index contributed by atoms with van der Waals surface area (Å²) >= 11 is 0. The summed E-state index contributed by atoms with van der Waals surface area (Å²) in [7, 11) is 0. The first-order chi connectivity index (χ1) is 19.6. The van der Waals surface area contributed by atoms with E-state index < -0.39 is 29.6 Å². The Morgan fingerprint density at radius 1 is 1.02 bits per heavy atom. The third-order valence-corrected chi connectivity index (χ3v) is 8.29. The van der Waals surface area contributed by atoms with E-state index in [0.717, 1.165) is 44.9 Å². The van der Waals surface area contributed by atoms with Crippen LogP contribution in [0.5, 0.6) is 0 Å². The highest BCUT2D eigenvalue weighted by Gasteiger charge is 2.42. The van der Waals surface area contributed by atoms with Crippen molar-refractivity contribution in [3.8, 4) is 0 Å². The quantitative estimate of drug-likeness (QED) is 0.525. The number of halogens is 3. The first-order valence-electron chi connectivity index (χ1n) is 14.4. The second-order valence-corrected chi connectivity index (χ2v) is 11.4. The zero-order chi connectivity index (χ0) is 29.1. The molecule has 2 aromatic heterocycles. The zero-order valence-electron chi connectivity index (χ0n) is 23.2. The van der Waals surface area contributed by atoms with E-state index in [1.54, 1.807) is 21.9 Å². The summed E-state index contributed by atoms with van der Waals surface area (Å²) in [6.07, 6.45) is 2.34. The van der Waals surface area contributed by atoms with Gasteiger partial charge in [-0.2, -0.15) is 18.2 Å². The number of oxazole rings is 1. The minimum absolute atomic E-state index is 0.0305. The number of rotatable bonds is 6. The van der Waals surface area contributed by atoms with Crippen LogP contribution in [-0.2, 0) is 11.0 Å². The molecule has 2 N–H and O–H groups in total. The number of nitrogens with zero attached hydrogens (tertiary/aromatic N) is 5. The van der Waals surface area contributed by atoms with Crippen LogP contribution in [0.1, 0.15) is 68.1 Å². The number of hydrogen-bond donors (Lipinski definition) is 2. The van der Waals surface area contributed by atoms with Gasteiger partial charge in [-0.3, -0.25) is 9.59 Å². The average Bonchev–Trinajstić information content (AvgIpc) is 3.44. The number of piperidine rings is 1. The molecule has 2 atom stereocenters. The molecule has 41 heavy (non-hydrogen) atoms. The van der Waals surface area contributed by atoms with Crippen LogP contribution in [0.25, 0.3) is 0 Å². The van der Waals surface area contributed by atoms with Crippen molar-refractivity contribution >= 4 is 29.3 Å². The Morgan fingerprint density at radius 2 is 1.76 bits per heavy atom. The molecule has 0 radical (unpaired) electrons. The Balaban J connectivity index is 1.19. The molecule has 224 valence electrons. The van der Waals surface area contributed by atoms with Gasteiger partial charge in [-0.15, -0.1) is 0 Å². The van der Waals surface area contributed by atoms with Crippen molar-refractivity contribution in [1.82, 2.24) is 14.9 Å². The minimum Gasteiger partial charge on any atom is -0.417 e. The van der Waals surface area contributed by atoms with Crippen LogP contribution in [-0.4, -0.2) is 77.2 Å². The maximum Gasteiger partial charge on any atom is 0.437 e. The molecular weight excluding hydrogens is 541 g/mol.